The fourth-order valence-corrected chi connectivity index (χ4v) is 2.40. The van der Waals surface area contributed by atoms with Crippen LogP contribution in [0, 0.1) is 0 Å². The largest absolute Gasteiger partial charge is 0.495 e. The van der Waals surface area contributed by atoms with Crippen molar-refractivity contribution in [1.29, 1.82) is 0 Å². The second kappa shape index (κ2) is 5.95. The van der Waals surface area contributed by atoms with Gasteiger partial charge in [0.15, 0.2) is 0 Å². The normalized spacial score (nSPS) is 10.1. The van der Waals surface area contributed by atoms with Gasteiger partial charge in [0.1, 0.15) is 11.5 Å². The number of nitrogens with one attached hydrogen (secondary N) is 1. The summed E-state index contributed by atoms with van der Waals surface area (Å²) in [5.74, 6) is 0.761. The smallest absolute Gasteiger partial charge is 0.265 e. The van der Waals surface area contributed by atoms with Crippen molar-refractivity contribution in [3.8, 4) is 11.5 Å². The number of halogens is 1. The molecule has 0 aliphatic rings. The van der Waals surface area contributed by atoms with Crippen LogP contribution >= 0.6 is 22.9 Å². The second-order valence-corrected chi connectivity index (χ2v) is 4.97. The number of hydrogen-bond donors (Lipinski definition) is 1. The molecule has 0 spiro atoms. The molecule has 0 aliphatic carbocycles. The van der Waals surface area contributed by atoms with Gasteiger partial charge in [-0.05, 0) is 11.4 Å². The van der Waals surface area contributed by atoms with Crippen molar-refractivity contribution in [3.63, 3.8) is 0 Å². The molecular formula is C13H12ClNO3S. The van der Waals surface area contributed by atoms with E-state index in [9.17, 15) is 4.79 Å². The molecule has 0 saturated carbocycles. The number of thiophene rings is 1. The summed E-state index contributed by atoms with van der Waals surface area (Å²) in [5, 5.41) is 5.04. The monoisotopic (exact) mass is 297 g/mol. The topological polar surface area (TPSA) is 47.6 Å². The van der Waals surface area contributed by atoms with Gasteiger partial charge in [-0.25, -0.2) is 0 Å². The van der Waals surface area contributed by atoms with Gasteiger partial charge in [-0.1, -0.05) is 17.7 Å². The highest BCUT2D eigenvalue weighted by atomic mass is 35.5. The van der Waals surface area contributed by atoms with Crippen molar-refractivity contribution < 1.29 is 14.3 Å². The van der Waals surface area contributed by atoms with E-state index in [-0.39, 0.29) is 5.91 Å². The van der Waals surface area contributed by atoms with Crippen LogP contribution in [0.3, 0.4) is 0 Å². The molecule has 0 fully saturated rings. The van der Waals surface area contributed by atoms with Gasteiger partial charge >= 0.3 is 0 Å². The Hall–Kier alpha value is -1.72. The van der Waals surface area contributed by atoms with E-state index in [0.29, 0.717) is 27.1 Å². The Kier molecular flexibility index (Phi) is 4.29. The van der Waals surface area contributed by atoms with Crippen LogP contribution in [0.15, 0.2) is 29.6 Å². The molecule has 0 radical (unpaired) electrons. The summed E-state index contributed by atoms with van der Waals surface area (Å²) in [4.78, 5) is 12.6. The Morgan fingerprint density at radius 3 is 2.58 bits per heavy atom. The minimum absolute atomic E-state index is 0.197. The maximum absolute atomic E-state index is 12.0. The molecule has 100 valence electrons. The molecule has 0 bridgehead atoms. The maximum atomic E-state index is 12.0. The zero-order chi connectivity index (χ0) is 13.8. The number of carbonyl (C=O) groups is 1. The third kappa shape index (κ3) is 3.00. The lowest BCUT2D eigenvalue weighted by Gasteiger charge is -2.12. The van der Waals surface area contributed by atoms with Gasteiger partial charge in [-0.15, -0.1) is 11.3 Å². The molecule has 1 amide bonds. The van der Waals surface area contributed by atoms with Crippen molar-refractivity contribution in [3.05, 3.63) is 39.5 Å². The molecule has 1 heterocycles. The Labute approximate surface area is 119 Å². The first kappa shape index (κ1) is 13.7. The van der Waals surface area contributed by atoms with Crippen LogP contribution in [-0.2, 0) is 0 Å². The van der Waals surface area contributed by atoms with E-state index >= 15 is 0 Å². The molecule has 0 unspecified atom stereocenters. The van der Waals surface area contributed by atoms with Crippen molar-refractivity contribution in [1.82, 2.24) is 0 Å². The number of anilines is 1. The molecule has 4 nitrogen and oxygen atoms in total. The summed E-state index contributed by atoms with van der Waals surface area (Å²) in [6.07, 6.45) is 0. The first-order valence-electron chi connectivity index (χ1n) is 5.42. The fourth-order valence-electron chi connectivity index (χ4n) is 1.55. The minimum Gasteiger partial charge on any atom is -0.495 e. The lowest BCUT2D eigenvalue weighted by atomic mass is 10.2. The molecular weight excluding hydrogens is 286 g/mol. The quantitative estimate of drug-likeness (QED) is 0.936. The predicted octanol–water partition coefficient (Wildman–Crippen LogP) is 3.67. The zero-order valence-corrected chi connectivity index (χ0v) is 12.0. The van der Waals surface area contributed by atoms with Gasteiger partial charge in [-0.2, -0.15) is 0 Å². The summed E-state index contributed by atoms with van der Waals surface area (Å²) in [7, 11) is 3.03. The van der Waals surface area contributed by atoms with Crippen LogP contribution < -0.4 is 14.8 Å². The average Bonchev–Trinajstić information content (AvgIpc) is 2.94. The first-order valence-corrected chi connectivity index (χ1v) is 6.68. The molecule has 2 rings (SSSR count). The summed E-state index contributed by atoms with van der Waals surface area (Å²) >= 11 is 7.37. The van der Waals surface area contributed by atoms with Gasteiger partial charge in [-0.3, -0.25) is 4.79 Å². The van der Waals surface area contributed by atoms with E-state index in [1.807, 2.05) is 11.4 Å². The summed E-state index contributed by atoms with van der Waals surface area (Å²) < 4.78 is 10.3. The average molecular weight is 298 g/mol. The third-order valence-electron chi connectivity index (χ3n) is 2.47. The molecule has 19 heavy (non-hydrogen) atoms. The molecule has 1 aromatic carbocycles. The number of methoxy groups -OCH3 is 2. The number of amides is 1. The van der Waals surface area contributed by atoms with Crippen molar-refractivity contribution in [2.24, 2.45) is 0 Å². The third-order valence-corrected chi connectivity index (χ3v) is 3.63. The van der Waals surface area contributed by atoms with Gasteiger partial charge in [0.05, 0.1) is 29.8 Å². The standard InChI is InChI=1S/C13H12ClNO3S/c1-17-10-7-9(11(18-2)6-8(10)14)15-13(16)12-4-3-5-19-12/h3-7H,1-2H3,(H,15,16). The highest BCUT2D eigenvalue weighted by molar-refractivity contribution is 7.12. The number of benzene rings is 1. The van der Waals surface area contributed by atoms with E-state index in [0.717, 1.165) is 0 Å². The van der Waals surface area contributed by atoms with Crippen LogP contribution in [0.25, 0.3) is 0 Å². The van der Waals surface area contributed by atoms with Gasteiger partial charge in [0.2, 0.25) is 0 Å². The van der Waals surface area contributed by atoms with Gasteiger partial charge in [0, 0.05) is 12.1 Å². The molecule has 0 atom stereocenters. The van der Waals surface area contributed by atoms with E-state index in [1.165, 1.54) is 25.6 Å². The van der Waals surface area contributed by atoms with Crippen molar-refractivity contribution >= 4 is 34.5 Å². The van der Waals surface area contributed by atoms with Crippen LogP contribution in [-0.4, -0.2) is 20.1 Å². The van der Waals surface area contributed by atoms with Gasteiger partial charge < -0.3 is 14.8 Å². The van der Waals surface area contributed by atoms with Gasteiger partial charge in [0.25, 0.3) is 5.91 Å². The SMILES string of the molecule is COc1cc(NC(=O)c2cccs2)c(OC)cc1Cl. The van der Waals surface area contributed by atoms with E-state index in [4.69, 9.17) is 21.1 Å². The number of carbonyl (C=O) groups excluding carboxylic acids is 1. The summed E-state index contributed by atoms with van der Waals surface area (Å²) in [6, 6.07) is 6.80. The molecule has 6 heteroatoms. The maximum Gasteiger partial charge on any atom is 0.265 e. The zero-order valence-electron chi connectivity index (χ0n) is 10.4. The Morgan fingerprint density at radius 1 is 1.26 bits per heavy atom. The predicted molar refractivity (Wildman–Crippen MR) is 76.8 cm³/mol. The summed E-state index contributed by atoms with van der Waals surface area (Å²) in [6.45, 7) is 0. The molecule has 1 aromatic heterocycles. The molecule has 2 aromatic rings. The molecule has 0 aliphatic heterocycles. The molecule has 1 N–H and O–H groups in total. The highest BCUT2D eigenvalue weighted by Gasteiger charge is 2.14. The van der Waals surface area contributed by atoms with Crippen LogP contribution in [0.5, 0.6) is 11.5 Å². The minimum atomic E-state index is -0.197. The van der Waals surface area contributed by atoms with Crippen LogP contribution in [0.4, 0.5) is 5.69 Å². The highest BCUT2D eigenvalue weighted by Crippen LogP contribution is 2.36. The van der Waals surface area contributed by atoms with Crippen LogP contribution in [0.1, 0.15) is 9.67 Å². The van der Waals surface area contributed by atoms with Crippen molar-refractivity contribution in [2.45, 2.75) is 0 Å². The molecule has 0 saturated heterocycles. The Morgan fingerprint density at radius 2 is 2.00 bits per heavy atom. The fraction of sp³-hybridized carbons (Fsp3) is 0.154. The first-order chi connectivity index (χ1) is 9.15. The van der Waals surface area contributed by atoms with E-state index in [1.54, 1.807) is 18.2 Å². The van der Waals surface area contributed by atoms with E-state index in [2.05, 4.69) is 5.32 Å². The van der Waals surface area contributed by atoms with Crippen LogP contribution in [0.2, 0.25) is 5.02 Å². The number of hydrogen-bond acceptors (Lipinski definition) is 4. The van der Waals surface area contributed by atoms with E-state index < -0.39 is 0 Å². The Balaban J connectivity index is 2.31. The number of rotatable bonds is 4. The second-order valence-electron chi connectivity index (χ2n) is 3.62. The summed E-state index contributed by atoms with van der Waals surface area (Å²) in [5.41, 5.74) is 0.516. The lowest BCUT2D eigenvalue weighted by molar-refractivity contribution is 0.103. The lowest BCUT2D eigenvalue weighted by Crippen LogP contribution is -2.11. The number of ether oxygens (including phenoxy) is 2. The Bertz CT molecular complexity index is 584. The van der Waals surface area contributed by atoms with Crippen molar-refractivity contribution in [2.75, 3.05) is 19.5 Å².